The van der Waals surface area contributed by atoms with Crippen molar-refractivity contribution in [2.45, 2.75) is 45.2 Å². The van der Waals surface area contributed by atoms with Crippen molar-refractivity contribution in [2.24, 2.45) is 24.8 Å². The highest BCUT2D eigenvalue weighted by atomic mass is 16.5. The molecule has 226 valence electrons. The van der Waals surface area contributed by atoms with Crippen LogP contribution >= 0.6 is 0 Å². The summed E-state index contributed by atoms with van der Waals surface area (Å²) in [6, 6.07) is 15.7. The standard InChI is InChI=1S/C35H37N5O4/c1-19-23-8-11-27(19)40(18-23)35(42)24-13-26-32(31(16-24)44-4)38(2)34(37-26)28-14-22-7-10-25(21-9-12-30(43-3)29(41)15-21)36-33(22)39(28)17-20-5-6-20/h7,9-10,12-16,19-20,23,27,41H,5-6,8,11,17-18H2,1-4H3/t19-,23?,27?/m1/s1. The predicted octanol–water partition coefficient (Wildman–Crippen LogP) is 6.26. The second-order valence-corrected chi connectivity index (χ2v) is 12.8. The number of carbonyl (C=O) groups excluding carboxylic acids is 1. The molecule has 1 saturated heterocycles. The maximum atomic E-state index is 13.8. The molecule has 44 heavy (non-hydrogen) atoms. The molecule has 0 spiro atoms. The van der Waals surface area contributed by atoms with E-state index in [9.17, 15) is 9.90 Å². The van der Waals surface area contributed by atoms with Gasteiger partial charge in [-0.15, -0.1) is 0 Å². The molecule has 9 nitrogen and oxygen atoms in total. The first kappa shape index (κ1) is 27.0. The number of ether oxygens (including phenoxy) is 2. The van der Waals surface area contributed by atoms with Crippen LogP contribution in [0.1, 0.15) is 43.0 Å². The Bertz CT molecular complexity index is 1950. The van der Waals surface area contributed by atoms with Crippen molar-refractivity contribution in [3.05, 3.63) is 54.1 Å². The summed E-state index contributed by atoms with van der Waals surface area (Å²) in [5.41, 5.74) is 5.69. The number of aromatic nitrogens is 4. The van der Waals surface area contributed by atoms with E-state index in [2.05, 4.69) is 33.1 Å². The van der Waals surface area contributed by atoms with Crippen molar-refractivity contribution in [1.82, 2.24) is 24.0 Å². The monoisotopic (exact) mass is 591 g/mol. The van der Waals surface area contributed by atoms with Gasteiger partial charge in [0.2, 0.25) is 0 Å². The highest BCUT2D eigenvalue weighted by Crippen LogP contribution is 2.44. The zero-order chi connectivity index (χ0) is 30.3. The van der Waals surface area contributed by atoms with Gasteiger partial charge in [-0.25, -0.2) is 9.97 Å². The van der Waals surface area contributed by atoms with Gasteiger partial charge >= 0.3 is 0 Å². The lowest BCUT2D eigenvalue weighted by atomic mass is 10.0. The smallest absolute Gasteiger partial charge is 0.254 e. The zero-order valence-electron chi connectivity index (χ0n) is 25.6. The summed E-state index contributed by atoms with van der Waals surface area (Å²) in [5.74, 6) is 3.80. The number of likely N-dealkylation sites (tertiary alicyclic amines) is 1. The number of nitrogens with zero attached hydrogens (tertiary/aromatic N) is 5. The van der Waals surface area contributed by atoms with Crippen LogP contribution < -0.4 is 9.47 Å². The molecule has 3 atom stereocenters. The van der Waals surface area contributed by atoms with E-state index >= 15 is 0 Å². The molecule has 2 unspecified atom stereocenters. The van der Waals surface area contributed by atoms with E-state index in [1.165, 1.54) is 26.4 Å². The molecule has 1 amide bonds. The lowest BCUT2D eigenvalue weighted by molar-refractivity contribution is 0.0696. The Balaban J connectivity index is 1.23. The van der Waals surface area contributed by atoms with Gasteiger partial charge in [-0.1, -0.05) is 6.92 Å². The van der Waals surface area contributed by atoms with E-state index in [0.29, 0.717) is 40.9 Å². The van der Waals surface area contributed by atoms with Crippen LogP contribution in [0.2, 0.25) is 0 Å². The number of hydrogen-bond acceptors (Lipinski definition) is 6. The van der Waals surface area contributed by atoms with Gasteiger partial charge in [0, 0.05) is 42.7 Å². The number of rotatable bonds is 7. The number of carbonyl (C=O) groups is 1. The molecule has 2 saturated carbocycles. The van der Waals surface area contributed by atoms with Crippen LogP contribution in [0.15, 0.2) is 48.5 Å². The lowest BCUT2D eigenvalue weighted by Crippen LogP contribution is -2.38. The highest BCUT2D eigenvalue weighted by molar-refractivity contribution is 6.00. The predicted molar refractivity (Wildman–Crippen MR) is 169 cm³/mol. The molecular formula is C35H37N5O4. The minimum atomic E-state index is 0.0700. The van der Waals surface area contributed by atoms with E-state index in [1.807, 2.05) is 31.3 Å². The summed E-state index contributed by atoms with van der Waals surface area (Å²) in [4.78, 5) is 26.1. The number of aryl methyl sites for hydroxylation is 1. The number of fused-ring (bicyclic) bond motifs is 4. The molecule has 8 rings (SSSR count). The van der Waals surface area contributed by atoms with Gasteiger partial charge in [0.05, 0.1) is 31.1 Å². The minimum absolute atomic E-state index is 0.0700. The van der Waals surface area contributed by atoms with Gasteiger partial charge in [-0.2, -0.15) is 0 Å². The Morgan fingerprint density at radius 1 is 0.977 bits per heavy atom. The summed E-state index contributed by atoms with van der Waals surface area (Å²) in [6.07, 6.45) is 4.70. The fourth-order valence-corrected chi connectivity index (χ4v) is 7.59. The van der Waals surface area contributed by atoms with Gasteiger partial charge in [0.25, 0.3) is 5.91 Å². The number of piperidine rings is 1. The number of aromatic hydroxyl groups is 1. The highest BCUT2D eigenvalue weighted by Gasteiger charge is 2.46. The summed E-state index contributed by atoms with van der Waals surface area (Å²) >= 11 is 0. The van der Waals surface area contributed by atoms with E-state index in [1.54, 1.807) is 19.2 Å². The van der Waals surface area contributed by atoms with Crippen LogP contribution in [0.5, 0.6) is 17.2 Å². The first-order valence-corrected chi connectivity index (χ1v) is 15.6. The SMILES string of the molecule is COc1ccc(-c2ccc3cc(-c4nc5cc(C(=O)N6CC7CCC6[C@@H]7C)cc(OC)c5n4C)n(CC4CC4)c3n2)cc1O. The maximum absolute atomic E-state index is 13.8. The van der Waals surface area contributed by atoms with E-state index in [-0.39, 0.29) is 11.7 Å². The molecule has 3 aliphatic rings. The number of phenols is 1. The summed E-state index contributed by atoms with van der Waals surface area (Å²) < 4.78 is 15.4. The Labute approximate surface area is 256 Å². The first-order valence-electron chi connectivity index (χ1n) is 15.6. The number of amides is 1. The van der Waals surface area contributed by atoms with Crippen molar-refractivity contribution < 1.29 is 19.4 Å². The second-order valence-electron chi connectivity index (χ2n) is 12.8. The Hall–Kier alpha value is -4.53. The van der Waals surface area contributed by atoms with E-state index in [4.69, 9.17) is 19.4 Å². The molecule has 5 aromatic rings. The largest absolute Gasteiger partial charge is 0.504 e. The molecule has 0 radical (unpaired) electrons. The van der Waals surface area contributed by atoms with Crippen LogP contribution in [-0.2, 0) is 13.6 Å². The van der Waals surface area contributed by atoms with Crippen LogP contribution in [0.3, 0.4) is 0 Å². The second kappa shape index (κ2) is 10.0. The third-order valence-corrected chi connectivity index (χ3v) is 10.3. The quantitative estimate of drug-likeness (QED) is 0.240. The molecule has 1 aliphatic heterocycles. The van der Waals surface area contributed by atoms with Crippen molar-refractivity contribution in [3.8, 4) is 40.0 Å². The summed E-state index contributed by atoms with van der Waals surface area (Å²) in [5, 5.41) is 11.4. The molecule has 2 aromatic carbocycles. The van der Waals surface area contributed by atoms with Gasteiger partial charge in [-0.3, -0.25) is 4.79 Å². The van der Waals surface area contributed by atoms with Crippen molar-refractivity contribution in [1.29, 1.82) is 0 Å². The Kier molecular flexibility index (Phi) is 6.15. The average Bonchev–Trinajstić information content (AvgIpc) is 3.44. The normalized spacial score (nSPS) is 21.1. The van der Waals surface area contributed by atoms with Crippen LogP contribution in [0.25, 0.3) is 44.8 Å². The third-order valence-electron chi connectivity index (χ3n) is 10.3. The van der Waals surface area contributed by atoms with Crippen molar-refractivity contribution in [3.63, 3.8) is 0 Å². The summed E-state index contributed by atoms with van der Waals surface area (Å²) in [7, 11) is 5.20. The van der Waals surface area contributed by atoms with E-state index < -0.39 is 0 Å². The molecule has 2 bridgehead atoms. The lowest BCUT2D eigenvalue weighted by Gasteiger charge is -2.27. The first-order chi connectivity index (χ1) is 21.3. The number of imidazole rings is 1. The van der Waals surface area contributed by atoms with Crippen molar-refractivity contribution in [2.75, 3.05) is 20.8 Å². The fourth-order valence-electron chi connectivity index (χ4n) is 7.59. The van der Waals surface area contributed by atoms with Crippen molar-refractivity contribution >= 4 is 28.0 Å². The number of phenolic OH excluding ortho intramolecular Hbond substituents is 1. The number of hydrogen-bond donors (Lipinski definition) is 1. The zero-order valence-corrected chi connectivity index (χ0v) is 25.6. The maximum Gasteiger partial charge on any atom is 0.254 e. The van der Waals surface area contributed by atoms with Gasteiger partial charge in [0.1, 0.15) is 16.9 Å². The average molecular weight is 592 g/mol. The molecule has 3 fully saturated rings. The number of methoxy groups -OCH3 is 2. The number of pyridine rings is 1. The van der Waals surface area contributed by atoms with Gasteiger partial charge in [-0.05, 0) is 92.0 Å². The molecular weight excluding hydrogens is 554 g/mol. The summed E-state index contributed by atoms with van der Waals surface area (Å²) in [6.45, 7) is 3.97. The molecule has 2 aliphatic carbocycles. The Morgan fingerprint density at radius 3 is 2.48 bits per heavy atom. The third kappa shape index (κ3) is 4.16. The van der Waals surface area contributed by atoms with Crippen LogP contribution in [0.4, 0.5) is 0 Å². The number of benzene rings is 2. The minimum Gasteiger partial charge on any atom is -0.504 e. The molecule has 1 N–H and O–H groups in total. The van der Waals surface area contributed by atoms with Gasteiger partial charge < -0.3 is 28.6 Å². The van der Waals surface area contributed by atoms with Crippen LogP contribution in [-0.4, -0.2) is 61.8 Å². The topological polar surface area (TPSA) is 94.6 Å². The van der Waals surface area contributed by atoms with E-state index in [0.717, 1.165) is 64.4 Å². The molecule has 9 heteroatoms. The molecule has 3 aromatic heterocycles. The molecule has 4 heterocycles. The fraction of sp³-hybridized carbons (Fsp3) is 0.400. The van der Waals surface area contributed by atoms with Crippen LogP contribution in [0, 0.1) is 17.8 Å². The Morgan fingerprint density at radius 2 is 1.80 bits per heavy atom. The van der Waals surface area contributed by atoms with Gasteiger partial charge in [0.15, 0.2) is 17.3 Å².